The first kappa shape index (κ1) is 19.5. The molecule has 0 aromatic rings. The van der Waals surface area contributed by atoms with Crippen LogP contribution in [0, 0.1) is 34.0 Å². The Bertz CT molecular complexity index is 668. The largest absolute Gasteiger partial charge is 0.396 e. The van der Waals surface area contributed by atoms with E-state index in [1.165, 1.54) is 25.7 Å². The lowest BCUT2D eigenvalue weighted by atomic mass is 9.39. The first-order valence-corrected chi connectivity index (χ1v) is 12.1. The summed E-state index contributed by atoms with van der Waals surface area (Å²) in [4.78, 5) is 0. The number of fused-ring (bicyclic) bond motifs is 6. The lowest BCUT2D eigenvalue weighted by molar-refractivity contribution is -0.282. The van der Waals surface area contributed by atoms with Gasteiger partial charge < -0.3 is 24.1 Å². The number of rotatable bonds is 1. The predicted octanol–water partition coefficient (Wildman–Crippen LogP) is 3.88. The number of ether oxygens (including phenoxy) is 4. The fourth-order valence-electron chi connectivity index (χ4n) is 9.42. The highest BCUT2D eigenvalue weighted by Crippen LogP contribution is 2.73. The van der Waals surface area contributed by atoms with Gasteiger partial charge >= 0.3 is 0 Å². The van der Waals surface area contributed by atoms with E-state index < -0.39 is 0 Å². The molecular formula is C24H38O5. The third-order valence-corrected chi connectivity index (χ3v) is 10.9. The Balaban J connectivity index is 1.33. The lowest BCUT2D eigenvalue weighted by Crippen LogP contribution is -2.64. The second kappa shape index (κ2) is 6.19. The quantitative estimate of drug-likeness (QED) is 0.716. The van der Waals surface area contributed by atoms with Gasteiger partial charge in [0.2, 0.25) is 0 Å². The van der Waals surface area contributed by atoms with Crippen molar-refractivity contribution in [3.05, 3.63) is 0 Å². The van der Waals surface area contributed by atoms with E-state index in [0.29, 0.717) is 24.4 Å². The van der Waals surface area contributed by atoms with E-state index in [-0.39, 0.29) is 27.8 Å². The van der Waals surface area contributed by atoms with Crippen molar-refractivity contribution in [2.45, 2.75) is 83.2 Å². The fraction of sp³-hybridized carbons (Fsp3) is 1.00. The summed E-state index contributed by atoms with van der Waals surface area (Å²) in [7, 11) is 0. The second-order valence-electron chi connectivity index (χ2n) is 11.5. The van der Waals surface area contributed by atoms with Gasteiger partial charge in [0.15, 0.2) is 11.6 Å². The van der Waals surface area contributed by atoms with Crippen LogP contribution in [0.1, 0.15) is 71.6 Å². The summed E-state index contributed by atoms with van der Waals surface area (Å²) < 4.78 is 24.8. The molecule has 5 heteroatoms. The Hall–Kier alpha value is -0.200. The lowest BCUT2D eigenvalue weighted by Gasteiger charge is -2.66. The number of hydrogen-bond acceptors (Lipinski definition) is 5. The molecule has 4 unspecified atom stereocenters. The third kappa shape index (κ3) is 2.29. The van der Waals surface area contributed by atoms with E-state index in [1.807, 2.05) is 0 Å². The number of aliphatic hydroxyl groups excluding tert-OH is 1. The van der Waals surface area contributed by atoms with Gasteiger partial charge in [-0.2, -0.15) is 0 Å². The van der Waals surface area contributed by atoms with Gasteiger partial charge in [0.25, 0.3) is 0 Å². The van der Waals surface area contributed by atoms with Gasteiger partial charge in [-0.15, -0.1) is 0 Å². The highest BCUT2D eigenvalue weighted by Gasteiger charge is 2.70. The van der Waals surface area contributed by atoms with Crippen LogP contribution in [0.3, 0.4) is 0 Å². The van der Waals surface area contributed by atoms with E-state index in [9.17, 15) is 5.11 Å². The van der Waals surface area contributed by atoms with E-state index in [4.69, 9.17) is 18.9 Å². The summed E-state index contributed by atoms with van der Waals surface area (Å²) in [6.07, 6.45) is 9.96. The van der Waals surface area contributed by atoms with Gasteiger partial charge in [-0.25, -0.2) is 0 Å². The molecule has 164 valence electrons. The molecule has 6 fully saturated rings. The van der Waals surface area contributed by atoms with Gasteiger partial charge in [-0.1, -0.05) is 13.8 Å². The van der Waals surface area contributed by atoms with Crippen molar-refractivity contribution in [1.29, 1.82) is 0 Å². The van der Waals surface area contributed by atoms with Gasteiger partial charge in [0, 0.05) is 36.7 Å². The average molecular weight is 407 g/mol. The molecular weight excluding hydrogens is 368 g/mol. The normalized spacial score (nSPS) is 52.4. The van der Waals surface area contributed by atoms with Crippen LogP contribution in [0.25, 0.3) is 0 Å². The summed E-state index contributed by atoms with van der Waals surface area (Å²) in [5.74, 6) is 1.21. The zero-order valence-corrected chi connectivity index (χ0v) is 18.2. The van der Waals surface area contributed by atoms with Crippen LogP contribution in [-0.4, -0.2) is 49.7 Å². The summed E-state index contributed by atoms with van der Waals surface area (Å²) >= 11 is 0. The molecule has 4 aliphatic carbocycles. The van der Waals surface area contributed by atoms with Gasteiger partial charge in [0.1, 0.15) is 0 Å². The molecule has 0 bridgehead atoms. The molecule has 6 rings (SSSR count). The first-order valence-electron chi connectivity index (χ1n) is 12.1. The summed E-state index contributed by atoms with van der Waals surface area (Å²) in [6, 6.07) is 0. The number of aliphatic hydroxyl groups is 1. The van der Waals surface area contributed by atoms with Crippen LogP contribution in [0.4, 0.5) is 0 Å². The van der Waals surface area contributed by atoms with Gasteiger partial charge in [0.05, 0.1) is 26.4 Å². The van der Waals surface area contributed by atoms with Crippen molar-refractivity contribution >= 4 is 0 Å². The second-order valence-corrected chi connectivity index (χ2v) is 11.5. The van der Waals surface area contributed by atoms with Crippen molar-refractivity contribution in [3.63, 3.8) is 0 Å². The monoisotopic (exact) mass is 406 g/mol. The molecule has 2 aliphatic heterocycles. The topological polar surface area (TPSA) is 57.2 Å². The molecule has 5 nitrogen and oxygen atoms in total. The summed E-state index contributed by atoms with van der Waals surface area (Å²) in [6.45, 7) is 8.12. The maximum absolute atomic E-state index is 10.9. The Labute approximate surface area is 174 Å². The first-order chi connectivity index (χ1) is 13.9. The maximum Gasteiger partial charge on any atom is 0.174 e. The molecule has 29 heavy (non-hydrogen) atoms. The fourth-order valence-corrected chi connectivity index (χ4v) is 9.42. The van der Waals surface area contributed by atoms with E-state index in [2.05, 4.69) is 13.8 Å². The zero-order valence-electron chi connectivity index (χ0n) is 18.2. The molecule has 0 aromatic heterocycles. The van der Waals surface area contributed by atoms with Crippen molar-refractivity contribution in [1.82, 2.24) is 0 Å². The minimum Gasteiger partial charge on any atom is -0.396 e. The van der Waals surface area contributed by atoms with E-state index in [0.717, 1.165) is 58.5 Å². The van der Waals surface area contributed by atoms with Crippen LogP contribution in [0.2, 0.25) is 0 Å². The molecule has 2 heterocycles. The maximum atomic E-state index is 10.9. The highest BCUT2D eigenvalue weighted by atomic mass is 16.7. The summed E-state index contributed by atoms with van der Waals surface area (Å²) in [5, 5.41) is 10.9. The molecule has 0 amide bonds. The molecule has 0 radical (unpaired) electrons. The molecule has 6 aliphatic rings. The number of hydrogen-bond donors (Lipinski definition) is 1. The third-order valence-electron chi connectivity index (χ3n) is 10.9. The van der Waals surface area contributed by atoms with Crippen molar-refractivity contribution in [3.8, 4) is 0 Å². The van der Waals surface area contributed by atoms with Crippen LogP contribution in [0.15, 0.2) is 0 Å². The molecule has 1 N–H and O–H groups in total. The average Bonchev–Trinajstić information content (AvgIpc) is 3.43. The van der Waals surface area contributed by atoms with E-state index in [1.54, 1.807) is 0 Å². The molecule has 0 aromatic carbocycles. The van der Waals surface area contributed by atoms with Gasteiger partial charge in [-0.3, -0.25) is 0 Å². The Morgan fingerprint density at radius 3 is 2.17 bits per heavy atom. The molecule has 2 spiro atoms. The minimum absolute atomic E-state index is 0.00491. The molecule has 4 saturated carbocycles. The molecule has 2 saturated heterocycles. The standard InChI is InChI=1S/C24H38O5/c1-20-6-3-17-18-5-8-24(28-13-14-29-24)21(18,2)7-4-19(17)22(20,16-25)9-10-23(15-20)26-11-12-27-23/h17-19,25H,3-16H2,1-2H3/t17?,18?,19?,20?,21-,22-/m0/s1. The van der Waals surface area contributed by atoms with Crippen molar-refractivity contribution in [2.75, 3.05) is 33.0 Å². The van der Waals surface area contributed by atoms with E-state index >= 15 is 0 Å². The van der Waals surface area contributed by atoms with Crippen molar-refractivity contribution < 1.29 is 24.1 Å². The van der Waals surface area contributed by atoms with Crippen LogP contribution >= 0.6 is 0 Å². The van der Waals surface area contributed by atoms with Crippen LogP contribution < -0.4 is 0 Å². The van der Waals surface area contributed by atoms with Crippen molar-refractivity contribution in [2.24, 2.45) is 34.0 Å². The molecule has 6 atom stereocenters. The highest BCUT2D eigenvalue weighted by molar-refractivity contribution is 5.16. The van der Waals surface area contributed by atoms with Crippen LogP contribution in [-0.2, 0) is 18.9 Å². The predicted molar refractivity (Wildman–Crippen MR) is 107 cm³/mol. The smallest absolute Gasteiger partial charge is 0.174 e. The van der Waals surface area contributed by atoms with Crippen LogP contribution in [0.5, 0.6) is 0 Å². The Kier molecular flexibility index (Phi) is 4.16. The SMILES string of the molecule is CC12CCC3C(CC[C@@]4(C)C3CCC43OCCO3)[C@@]1(CO)CCC1(C2)OCCO1. The Morgan fingerprint density at radius 2 is 1.45 bits per heavy atom. The Morgan fingerprint density at radius 1 is 0.759 bits per heavy atom. The summed E-state index contributed by atoms with van der Waals surface area (Å²) in [5.41, 5.74) is 0.226. The zero-order chi connectivity index (χ0) is 20.0. The van der Waals surface area contributed by atoms with Gasteiger partial charge in [-0.05, 0) is 61.7 Å². The minimum atomic E-state index is -0.383.